The molecule has 0 bridgehead atoms. The molecule has 1 N–H and O–H groups in total. The molecule has 8 nitrogen and oxygen atoms in total. The van der Waals surface area contributed by atoms with Gasteiger partial charge in [-0.2, -0.15) is 0 Å². The van der Waals surface area contributed by atoms with Gasteiger partial charge in [0.15, 0.2) is 0 Å². The molecule has 3 aromatic rings. The number of halogens is 2. The van der Waals surface area contributed by atoms with Crippen LogP contribution in [0.15, 0.2) is 60.8 Å². The monoisotopic (exact) mass is 512 g/mol. The average Bonchev–Trinajstić information content (AvgIpc) is 2.86. The maximum absolute atomic E-state index is 13.0. The van der Waals surface area contributed by atoms with Crippen LogP contribution in [0.25, 0.3) is 0 Å². The van der Waals surface area contributed by atoms with Crippen molar-refractivity contribution in [1.29, 1.82) is 0 Å². The number of hydrogen-bond acceptors (Lipinski definition) is 5. The first-order chi connectivity index (χ1) is 17.2. The summed E-state index contributed by atoms with van der Waals surface area (Å²) in [4.78, 5) is 33.5. The number of carbonyl (C=O) groups excluding carboxylic acids is 1. The normalized spacial score (nSPS) is 16.0. The van der Waals surface area contributed by atoms with Crippen molar-refractivity contribution in [3.63, 3.8) is 0 Å². The van der Waals surface area contributed by atoms with Crippen molar-refractivity contribution in [2.75, 3.05) is 31.6 Å². The van der Waals surface area contributed by atoms with Crippen molar-refractivity contribution in [3.05, 3.63) is 82.8 Å². The first-order valence-corrected chi connectivity index (χ1v) is 11.8. The van der Waals surface area contributed by atoms with E-state index >= 15 is 0 Å². The van der Waals surface area contributed by atoms with Crippen molar-refractivity contribution in [2.45, 2.75) is 19.5 Å². The summed E-state index contributed by atoms with van der Waals surface area (Å²) in [6, 6.07) is 14.1. The Labute approximate surface area is 213 Å². The number of benzene rings is 2. The maximum atomic E-state index is 13.0. The number of aromatic nitrogens is 1. The third-order valence-corrected chi connectivity index (χ3v) is 6.45. The molecule has 36 heavy (non-hydrogen) atoms. The lowest BCUT2D eigenvalue weighted by molar-refractivity contribution is 0.0711. The second-order valence-corrected chi connectivity index (χ2v) is 9.05. The topological polar surface area (TPSA) is 86.2 Å². The summed E-state index contributed by atoms with van der Waals surface area (Å²) in [5.74, 6) is 0.0960. The Kier molecular flexibility index (Phi) is 7.71. The lowest BCUT2D eigenvalue weighted by atomic mass is 10.1. The van der Waals surface area contributed by atoms with Crippen LogP contribution in [0, 0.1) is 5.82 Å². The van der Waals surface area contributed by atoms with Crippen molar-refractivity contribution >= 4 is 29.3 Å². The average molecular weight is 513 g/mol. The molecule has 0 unspecified atom stereocenters. The Morgan fingerprint density at radius 3 is 2.53 bits per heavy atom. The molecule has 0 spiro atoms. The van der Waals surface area contributed by atoms with Crippen molar-refractivity contribution in [3.8, 4) is 11.6 Å². The quantitative estimate of drug-likeness (QED) is 0.493. The number of piperazine rings is 1. The summed E-state index contributed by atoms with van der Waals surface area (Å²) >= 11 is 6.54. The molecule has 2 heterocycles. The predicted octanol–water partition coefficient (Wildman–Crippen LogP) is 5.13. The van der Waals surface area contributed by atoms with Gasteiger partial charge in [-0.3, -0.25) is 9.69 Å². The van der Waals surface area contributed by atoms with E-state index in [9.17, 15) is 19.1 Å². The van der Waals surface area contributed by atoms with Crippen LogP contribution in [0.5, 0.6) is 11.6 Å². The second-order valence-electron chi connectivity index (χ2n) is 8.64. The molecule has 2 amide bonds. The van der Waals surface area contributed by atoms with Gasteiger partial charge < -0.3 is 19.6 Å². The van der Waals surface area contributed by atoms with E-state index in [1.807, 2.05) is 19.1 Å². The highest BCUT2D eigenvalue weighted by Gasteiger charge is 2.27. The maximum Gasteiger partial charge on any atom is 0.407 e. The third-order valence-electron chi connectivity index (χ3n) is 6.10. The molecule has 0 radical (unpaired) electrons. The molecule has 188 valence electrons. The van der Waals surface area contributed by atoms with Crippen LogP contribution in [0.2, 0.25) is 5.02 Å². The zero-order valence-corrected chi connectivity index (χ0v) is 20.7. The van der Waals surface area contributed by atoms with Crippen LogP contribution < -0.4 is 9.64 Å². The standard InChI is InChI=1S/C26H26ClFN4O4/c1-17-15-31(11-12-32(17)26(34)35)16-19-3-7-21(13-23(19)27)30(2)25(33)18-4-10-24(29-14-18)36-22-8-5-20(28)6-9-22/h3-10,13-14,17H,11-12,15-16H2,1-2H3,(H,34,35)/t17-/m0/s1. The molecule has 0 saturated carbocycles. The first kappa shape index (κ1) is 25.4. The van der Waals surface area contributed by atoms with Crippen LogP contribution in [-0.2, 0) is 6.54 Å². The highest BCUT2D eigenvalue weighted by molar-refractivity contribution is 6.31. The van der Waals surface area contributed by atoms with Crippen LogP contribution in [0.4, 0.5) is 14.9 Å². The molecule has 1 aliphatic heterocycles. The van der Waals surface area contributed by atoms with Crippen molar-refractivity contribution in [2.24, 2.45) is 0 Å². The summed E-state index contributed by atoms with van der Waals surface area (Å²) in [6.07, 6.45) is 0.522. The lowest BCUT2D eigenvalue weighted by Crippen LogP contribution is -2.53. The number of nitrogens with zero attached hydrogens (tertiary/aromatic N) is 4. The zero-order valence-electron chi connectivity index (χ0n) is 19.9. The Balaban J connectivity index is 1.38. The Bertz CT molecular complexity index is 1240. The van der Waals surface area contributed by atoms with E-state index in [2.05, 4.69) is 9.88 Å². The van der Waals surface area contributed by atoms with Gasteiger partial charge >= 0.3 is 6.09 Å². The van der Waals surface area contributed by atoms with Gasteiger partial charge in [0.25, 0.3) is 5.91 Å². The molecular weight excluding hydrogens is 487 g/mol. The van der Waals surface area contributed by atoms with Crippen molar-refractivity contribution in [1.82, 2.24) is 14.8 Å². The van der Waals surface area contributed by atoms with E-state index in [-0.39, 0.29) is 23.6 Å². The summed E-state index contributed by atoms with van der Waals surface area (Å²) in [5, 5.41) is 9.78. The van der Waals surface area contributed by atoms with Crippen LogP contribution >= 0.6 is 11.6 Å². The van der Waals surface area contributed by atoms with Gasteiger partial charge in [-0.15, -0.1) is 0 Å². The van der Waals surface area contributed by atoms with Gasteiger partial charge in [0, 0.05) is 62.2 Å². The van der Waals surface area contributed by atoms with E-state index in [1.54, 1.807) is 25.2 Å². The molecule has 1 fully saturated rings. The van der Waals surface area contributed by atoms with Crippen molar-refractivity contribution < 1.29 is 23.8 Å². The number of hydrogen-bond donors (Lipinski definition) is 1. The fourth-order valence-corrected chi connectivity index (χ4v) is 4.31. The van der Waals surface area contributed by atoms with Gasteiger partial charge in [-0.1, -0.05) is 17.7 Å². The van der Waals surface area contributed by atoms with Crippen LogP contribution in [-0.4, -0.2) is 64.6 Å². The first-order valence-electron chi connectivity index (χ1n) is 11.4. The smallest absolute Gasteiger partial charge is 0.407 e. The van der Waals surface area contributed by atoms with E-state index in [1.165, 1.54) is 40.3 Å². The van der Waals surface area contributed by atoms with Gasteiger partial charge in [0.2, 0.25) is 5.88 Å². The highest BCUT2D eigenvalue weighted by Crippen LogP contribution is 2.27. The summed E-state index contributed by atoms with van der Waals surface area (Å²) in [7, 11) is 1.66. The molecule has 2 aromatic carbocycles. The molecule has 1 aliphatic rings. The Morgan fingerprint density at radius 2 is 1.92 bits per heavy atom. The minimum atomic E-state index is -0.900. The Hall–Kier alpha value is -3.69. The molecule has 0 aliphatic carbocycles. The van der Waals surface area contributed by atoms with Gasteiger partial charge in [-0.25, -0.2) is 14.2 Å². The molecule has 1 aromatic heterocycles. The van der Waals surface area contributed by atoms with E-state index in [0.717, 1.165) is 5.56 Å². The predicted molar refractivity (Wildman–Crippen MR) is 134 cm³/mol. The minimum Gasteiger partial charge on any atom is -0.465 e. The zero-order chi connectivity index (χ0) is 25.8. The van der Waals surface area contributed by atoms with Crippen LogP contribution in [0.3, 0.4) is 0 Å². The number of pyridine rings is 1. The molecular formula is C26H26ClFN4O4. The Morgan fingerprint density at radius 1 is 1.17 bits per heavy atom. The molecule has 1 saturated heterocycles. The van der Waals surface area contributed by atoms with Gasteiger partial charge in [0.1, 0.15) is 11.6 Å². The third kappa shape index (κ3) is 5.92. The van der Waals surface area contributed by atoms with Gasteiger partial charge in [-0.05, 0) is 55.0 Å². The fourth-order valence-electron chi connectivity index (χ4n) is 4.08. The van der Waals surface area contributed by atoms with E-state index in [4.69, 9.17) is 16.3 Å². The number of carboxylic acid groups (broad SMARTS) is 1. The number of rotatable bonds is 6. The molecule has 10 heteroatoms. The number of anilines is 1. The summed E-state index contributed by atoms with van der Waals surface area (Å²) in [6.45, 7) is 4.18. The molecule has 4 rings (SSSR count). The summed E-state index contributed by atoms with van der Waals surface area (Å²) in [5.41, 5.74) is 1.90. The van der Waals surface area contributed by atoms with Crippen LogP contribution in [0.1, 0.15) is 22.8 Å². The molecule has 1 atom stereocenters. The van der Waals surface area contributed by atoms with E-state index < -0.39 is 6.09 Å². The highest BCUT2D eigenvalue weighted by atomic mass is 35.5. The minimum absolute atomic E-state index is 0.0980. The number of amides is 2. The summed E-state index contributed by atoms with van der Waals surface area (Å²) < 4.78 is 18.6. The largest absolute Gasteiger partial charge is 0.465 e. The second kappa shape index (κ2) is 10.9. The number of ether oxygens (including phenoxy) is 1. The lowest BCUT2D eigenvalue weighted by Gasteiger charge is -2.38. The van der Waals surface area contributed by atoms with Gasteiger partial charge in [0.05, 0.1) is 5.56 Å². The van der Waals surface area contributed by atoms with E-state index in [0.29, 0.717) is 48.2 Å². The number of carbonyl (C=O) groups is 2. The SMILES string of the molecule is C[C@H]1CN(Cc2ccc(N(C)C(=O)c3ccc(Oc4ccc(F)cc4)nc3)cc2Cl)CCN1C(=O)O. The fraction of sp³-hybridized carbons (Fsp3) is 0.269.